The molecule has 14 nitrogen and oxygen atoms in total. The zero-order valence-electron chi connectivity index (χ0n) is 38.5. The zero-order chi connectivity index (χ0) is 47.1. The number of methoxy groups -OCH3 is 1. The minimum atomic E-state index is -2.69. The summed E-state index contributed by atoms with van der Waals surface area (Å²) in [5.41, 5.74) is 1.58. The molecule has 2 spiro atoms. The van der Waals surface area contributed by atoms with Crippen molar-refractivity contribution in [2.24, 2.45) is 5.92 Å². The van der Waals surface area contributed by atoms with Crippen molar-refractivity contribution < 1.29 is 33.9 Å². The second kappa shape index (κ2) is 18.4. The molecule has 0 aromatic heterocycles. The van der Waals surface area contributed by atoms with E-state index in [1.54, 1.807) is 23.0 Å². The number of hydrogen-bond donors (Lipinski definition) is 2. The normalized spacial score (nSPS) is 22.2. The first-order valence-electron chi connectivity index (χ1n) is 23.1. The Morgan fingerprint density at radius 3 is 2.21 bits per heavy atom. The Balaban J connectivity index is 1.06. The second-order valence-electron chi connectivity index (χ2n) is 18.8. The molecule has 15 heteroatoms. The van der Waals surface area contributed by atoms with Gasteiger partial charge in [-0.15, -0.1) is 0 Å². The second-order valence-corrected chi connectivity index (χ2v) is 23.5. The van der Waals surface area contributed by atoms with Gasteiger partial charge >= 0.3 is 0 Å². The number of hydrogen-bond acceptors (Lipinski definition) is 10. The summed E-state index contributed by atoms with van der Waals surface area (Å²) in [5.74, 6) is -0.334. The first kappa shape index (κ1) is 45.7. The molecule has 0 saturated carbocycles. The number of aliphatic hydroxyl groups is 1. The van der Waals surface area contributed by atoms with Gasteiger partial charge < -0.3 is 34.6 Å². The van der Waals surface area contributed by atoms with E-state index < -0.39 is 36.2 Å². The highest BCUT2D eigenvalue weighted by molar-refractivity contribution is 6.91. The van der Waals surface area contributed by atoms with Gasteiger partial charge in [-0.2, -0.15) is 0 Å². The van der Waals surface area contributed by atoms with Crippen LogP contribution in [-0.2, 0) is 37.8 Å². The van der Waals surface area contributed by atoms with Crippen LogP contribution in [0, 0.1) is 16.0 Å². The van der Waals surface area contributed by atoms with Crippen LogP contribution in [0.25, 0.3) is 0 Å². The van der Waals surface area contributed by atoms with E-state index in [2.05, 4.69) is 23.3 Å². The number of non-ortho nitro benzene ring substituents is 1. The molecule has 4 aliphatic rings. The predicted molar refractivity (Wildman–Crippen MR) is 260 cm³/mol. The Bertz CT molecular complexity index is 2630. The maximum absolute atomic E-state index is 15.6. The third-order valence-corrected chi connectivity index (χ3v) is 19.2. The SMILES string of the molecule is COc1ccc([Si](C)(C)[C@H]2[C@H](CC(=O)N(CCO)Cc3ccccc3)O[C@@]3(C(=O)N(Cc4ccc(N5CN(c6ccccc6)C6(CCNCC6)C5=O)cc4)c4ccc([N+](=O)[O-])cc43)[C@@H]2C)cc1. The lowest BCUT2D eigenvalue weighted by molar-refractivity contribution is -0.385. The highest BCUT2D eigenvalue weighted by atomic mass is 28.3. The number of nitrogens with one attached hydrogen (secondary N) is 1. The van der Waals surface area contributed by atoms with Gasteiger partial charge in [0.1, 0.15) is 11.3 Å². The van der Waals surface area contributed by atoms with Gasteiger partial charge in [0.25, 0.3) is 17.5 Å². The van der Waals surface area contributed by atoms with Gasteiger partial charge in [0.15, 0.2) is 5.60 Å². The number of anilines is 3. The summed E-state index contributed by atoms with van der Waals surface area (Å²) in [6.45, 7) is 8.62. The van der Waals surface area contributed by atoms with Gasteiger partial charge in [-0.1, -0.05) is 98.0 Å². The molecule has 0 bridgehead atoms. The van der Waals surface area contributed by atoms with Gasteiger partial charge in [-0.3, -0.25) is 29.4 Å². The maximum Gasteiger partial charge on any atom is 0.269 e. The van der Waals surface area contributed by atoms with Gasteiger partial charge in [0, 0.05) is 48.1 Å². The zero-order valence-corrected chi connectivity index (χ0v) is 39.5. The van der Waals surface area contributed by atoms with Crippen LogP contribution in [0.1, 0.15) is 42.9 Å². The average molecular weight is 923 g/mol. The monoisotopic (exact) mass is 922 g/mol. The van der Waals surface area contributed by atoms with E-state index in [0.29, 0.717) is 36.5 Å². The highest BCUT2D eigenvalue weighted by Gasteiger charge is 2.67. The van der Waals surface area contributed by atoms with Crippen LogP contribution in [0.3, 0.4) is 0 Å². The van der Waals surface area contributed by atoms with Crippen molar-refractivity contribution in [1.29, 1.82) is 0 Å². The van der Waals surface area contributed by atoms with Gasteiger partial charge in [0.05, 0.1) is 58.1 Å². The Hall–Kier alpha value is -6.39. The highest BCUT2D eigenvalue weighted by Crippen LogP contribution is 2.60. The smallest absolute Gasteiger partial charge is 0.269 e. The summed E-state index contributed by atoms with van der Waals surface area (Å²) in [5, 5.41) is 27.0. The molecule has 9 rings (SSSR count). The van der Waals surface area contributed by atoms with Crippen LogP contribution >= 0.6 is 0 Å². The van der Waals surface area contributed by atoms with E-state index in [-0.39, 0.29) is 61.6 Å². The molecular weight excluding hydrogens is 865 g/mol. The van der Waals surface area contributed by atoms with Crippen molar-refractivity contribution in [2.75, 3.05) is 54.7 Å². The molecule has 0 unspecified atom stereocenters. The maximum atomic E-state index is 15.6. The fourth-order valence-corrected chi connectivity index (χ4v) is 15.4. The number of para-hydroxylation sites is 1. The number of rotatable bonds is 14. The summed E-state index contributed by atoms with van der Waals surface area (Å²) in [6.07, 6.45) is 0.562. The number of piperidine rings is 1. The van der Waals surface area contributed by atoms with Crippen molar-refractivity contribution in [1.82, 2.24) is 10.2 Å². The largest absolute Gasteiger partial charge is 0.497 e. The molecule has 0 radical (unpaired) electrons. The molecule has 5 aromatic carbocycles. The quantitative estimate of drug-likeness (QED) is 0.0697. The Morgan fingerprint density at radius 1 is 0.896 bits per heavy atom. The summed E-state index contributed by atoms with van der Waals surface area (Å²) < 4.78 is 12.7. The van der Waals surface area contributed by atoms with Crippen LogP contribution in [0.5, 0.6) is 5.75 Å². The number of carbonyl (C=O) groups excluding carboxylic acids is 3. The summed E-state index contributed by atoms with van der Waals surface area (Å²) >= 11 is 0. The number of amides is 3. The summed E-state index contributed by atoms with van der Waals surface area (Å²) in [7, 11) is -1.07. The number of aliphatic hydroxyl groups excluding tert-OH is 1. The molecule has 3 amide bonds. The third kappa shape index (κ3) is 8.07. The van der Waals surface area contributed by atoms with Crippen molar-refractivity contribution in [3.63, 3.8) is 0 Å². The molecule has 4 aliphatic heterocycles. The lowest BCUT2D eigenvalue weighted by Gasteiger charge is -2.39. The predicted octanol–water partition coefficient (Wildman–Crippen LogP) is 6.71. The number of nitrogens with zero attached hydrogens (tertiary/aromatic N) is 5. The van der Waals surface area contributed by atoms with E-state index in [1.807, 2.05) is 121 Å². The summed E-state index contributed by atoms with van der Waals surface area (Å²) in [4.78, 5) is 63.8. The van der Waals surface area contributed by atoms with Crippen LogP contribution in [0.4, 0.5) is 22.7 Å². The molecule has 5 aromatic rings. The van der Waals surface area contributed by atoms with Crippen molar-refractivity contribution in [3.8, 4) is 5.75 Å². The minimum Gasteiger partial charge on any atom is -0.497 e. The van der Waals surface area contributed by atoms with Gasteiger partial charge in [0.2, 0.25) is 5.91 Å². The lowest BCUT2D eigenvalue weighted by atomic mass is 9.82. The number of nitro groups is 1. The molecule has 3 saturated heterocycles. The topological polar surface area (TPSA) is 158 Å². The molecule has 0 aliphatic carbocycles. The number of benzene rings is 5. The minimum absolute atomic E-state index is 0.0633. The average Bonchev–Trinajstić information content (AvgIpc) is 3.89. The van der Waals surface area contributed by atoms with E-state index >= 15 is 4.79 Å². The molecule has 348 valence electrons. The molecule has 3 fully saturated rings. The van der Waals surface area contributed by atoms with Crippen molar-refractivity contribution in [2.45, 2.75) is 75.2 Å². The molecule has 4 heterocycles. The van der Waals surface area contributed by atoms with Crippen LogP contribution in [0.2, 0.25) is 18.6 Å². The standard InChI is InChI=1S/C52H58N6O8Si/c1-36-48(67(3,4)43-22-20-42(65-2)21-23-43)46(32-47(60)54(29-30-59)33-37-11-7-5-8-12-37)66-52(36)44-31-41(58(63)64)19-24-45(44)55(50(52)62)34-38-15-17-39(18-16-38)56-35-57(40-13-9-6-10-14-40)51(49(56)61)25-27-53-28-26-51/h5-24,31,36,46,48,53,59H,25-30,32-35H2,1-4H3/t36-,46+,48-,52+/m1/s1. The van der Waals surface area contributed by atoms with Crippen LogP contribution in [0.15, 0.2) is 127 Å². The number of carbonyl (C=O) groups is 3. The molecular formula is C52H58N6O8Si. The van der Waals surface area contributed by atoms with Gasteiger partial charge in [-0.25, -0.2) is 0 Å². The lowest BCUT2D eigenvalue weighted by Crippen LogP contribution is -2.55. The van der Waals surface area contributed by atoms with Crippen LogP contribution < -0.4 is 29.9 Å². The van der Waals surface area contributed by atoms with E-state index in [1.165, 1.54) is 12.1 Å². The molecule has 4 atom stereocenters. The number of nitro benzene ring substituents is 1. The molecule has 2 N–H and O–H groups in total. The number of fused-ring (bicyclic) bond motifs is 2. The first-order valence-corrected chi connectivity index (χ1v) is 26.2. The van der Waals surface area contributed by atoms with Crippen molar-refractivity contribution in [3.05, 3.63) is 154 Å². The third-order valence-electron chi connectivity index (χ3n) is 14.9. The summed E-state index contributed by atoms with van der Waals surface area (Å²) in [6, 6.07) is 39.8. The van der Waals surface area contributed by atoms with Crippen molar-refractivity contribution >= 4 is 53.7 Å². The Kier molecular flexibility index (Phi) is 12.5. The molecule has 67 heavy (non-hydrogen) atoms. The van der Waals surface area contributed by atoms with E-state index in [9.17, 15) is 24.8 Å². The van der Waals surface area contributed by atoms with E-state index in [0.717, 1.165) is 40.8 Å². The number of ether oxygens (including phenoxy) is 2. The Labute approximate surface area is 392 Å². The Morgan fingerprint density at radius 2 is 1.57 bits per heavy atom. The van der Waals surface area contributed by atoms with Gasteiger partial charge in [-0.05, 0) is 85.1 Å². The fraction of sp³-hybridized carbons (Fsp3) is 0.365. The first-order chi connectivity index (χ1) is 32.3. The van der Waals surface area contributed by atoms with E-state index in [4.69, 9.17) is 9.47 Å². The fourth-order valence-electron chi connectivity index (χ4n) is 11.4. The van der Waals surface area contributed by atoms with Crippen LogP contribution in [-0.4, -0.2) is 92.4 Å².